The van der Waals surface area contributed by atoms with Crippen LogP contribution in [0.2, 0.25) is 0 Å². The molecule has 2 aromatic heterocycles. The zero-order chi connectivity index (χ0) is 28.2. The number of alkyl halides is 3. The first-order valence-electron chi connectivity index (χ1n) is 12.1. The molecule has 4 rings (SSSR count). The number of halogens is 3. The molecule has 0 atom stereocenters. The van der Waals surface area contributed by atoms with E-state index in [0.717, 1.165) is 12.1 Å². The first-order valence-corrected chi connectivity index (χ1v) is 13.5. The van der Waals surface area contributed by atoms with Crippen molar-refractivity contribution in [3.63, 3.8) is 0 Å². The molecule has 1 aliphatic rings. The third-order valence-corrected chi connectivity index (χ3v) is 7.43. The molecule has 0 aliphatic carbocycles. The Balaban J connectivity index is 1.54. The van der Waals surface area contributed by atoms with E-state index in [2.05, 4.69) is 14.7 Å². The van der Waals surface area contributed by atoms with E-state index >= 15 is 0 Å². The van der Waals surface area contributed by atoms with Crippen LogP contribution in [0.5, 0.6) is 0 Å². The second-order valence-corrected chi connectivity index (χ2v) is 10.7. The van der Waals surface area contributed by atoms with Crippen LogP contribution in [0.4, 0.5) is 24.8 Å². The van der Waals surface area contributed by atoms with Crippen LogP contribution in [0, 0.1) is 12.8 Å². The number of nitrogens with one attached hydrogen (secondary N) is 1. The van der Waals surface area contributed by atoms with Crippen molar-refractivity contribution in [3.8, 4) is 11.3 Å². The van der Waals surface area contributed by atoms with Crippen molar-refractivity contribution in [1.29, 1.82) is 0 Å². The number of benzene rings is 1. The number of hydrogen-bond acceptors (Lipinski definition) is 8. The zero-order valence-corrected chi connectivity index (χ0v) is 22.1. The molecular weight excluding hydrogens is 537 g/mol. The van der Waals surface area contributed by atoms with Gasteiger partial charge in [-0.25, -0.2) is 9.97 Å². The maximum Gasteiger partial charge on any atom is 0.418 e. The second kappa shape index (κ2) is 11.6. The predicted molar refractivity (Wildman–Crippen MR) is 137 cm³/mol. The predicted octanol–water partition coefficient (Wildman–Crippen LogP) is 4.64. The molecule has 1 aromatic carbocycles. The van der Waals surface area contributed by atoms with Gasteiger partial charge in [-0.15, -0.1) is 0 Å². The lowest BCUT2D eigenvalue weighted by Gasteiger charge is -2.23. The number of pyridine rings is 2. The minimum Gasteiger partial charge on any atom is -0.444 e. The highest BCUT2D eigenvalue weighted by atomic mass is 32.2. The van der Waals surface area contributed by atoms with Gasteiger partial charge in [0.25, 0.3) is 10.0 Å². The van der Waals surface area contributed by atoms with Crippen LogP contribution in [0.25, 0.3) is 11.3 Å². The Hall–Kier alpha value is -3.71. The van der Waals surface area contributed by atoms with Gasteiger partial charge in [-0.3, -0.25) is 9.52 Å². The highest BCUT2D eigenvalue weighted by Crippen LogP contribution is 2.38. The van der Waals surface area contributed by atoms with E-state index in [0.29, 0.717) is 31.6 Å². The molecule has 0 spiro atoms. The van der Waals surface area contributed by atoms with Crippen molar-refractivity contribution in [3.05, 3.63) is 65.7 Å². The van der Waals surface area contributed by atoms with E-state index < -0.39 is 27.5 Å². The molecule has 1 fully saturated rings. The van der Waals surface area contributed by atoms with Crippen LogP contribution in [-0.2, 0) is 30.5 Å². The summed E-state index contributed by atoms with van der Waals surface area (Å²) in [4.78, 5) is 21.9. The standard InChI is InChI=1S/C26H27F3N4O5S/c1-17-6-3-4-7-19(17)24-20(26(27,28)29)10-11-21(30-24)32-39(35,36)23-9-5-8-22(31-23)33(2)16-38-25(34)18-12-14-37-15-13-18/h3-11,18H,12-16H2,1-2H3,(H,30,32). The number of nitrogens with zero attached hydrogens (tertiary/aromatic N) is 3. The number of hydrogen-bond donors (Lipinski definition) is 1. The molecule has 1 aliphatic heterocycles. The Labute approximate surface area is 224 Å². The maximum atomic E-state index is 13.7. The quantitative estimate of drug-likeness (QED) is 0.311. The van der Waals surface area contributed by atoms with Gasteiger partial charge in [-0.05, 0) is 49.6 Å². The number of ether oxygens (including phenoxy) is 2. The van der Waals surface area contributed by atoms with Gasteiger partial charge in [0.15, 0.2) is 11.8 Å². The Bertz CT molecular complexity index is 1440. The first-order chi connectivity index (χ1) is 18.5. The minimum atomic E-state index is -4.70. The topological polar surface area (TPSA) is 111 Å². The van der Waals surface area contributed by atoms with E-state index in [1.54, 1.807) is 32.2 Å². The van der Waals surface area contributed by atoms with Crippen molar-refractivity contribution in [2.45, 2.75) is 31.0 Å². The van der Waals surface area contributed by atoms with Crippen LogP contribution in [0.15, 0.2) is 59.6 Å². The molecule has 1 saturated heterocycles. The third-order valence-electron chi connectivity index (χ3n) is 6.17. The number of rotatable bonds is 8. The van der Waals surface area contributed by atoms with Crippen molar-refractivity contribution >= 4 is 27.6 Å². The van der Waals surface area contributed by atoms with E-state index in [-0.39, 0.29) is 40.8 Å². The summed E-state index contributed by atoms with van der Waals surface area (Å²) in [6.07, 6.45) is -3.55. The average Bonchev–Trinajstić information content (AvgIpc) is 2.91. The largest absolute Gasteiger partial charge is 0.444 e. The van der Waals surface area contributed by atoms with Crippen LogP contribution in [0.3, 0.4) is 0 Å². The highest BCUT2D eigenvalue weighted by Gasteiger charge is 2.35. The second-order valence-electron chi connectivity index (χ2n) is 9.02. The van der Waals surface area contributed by atoms with Crippen molar-refractivity contribution in [2.75, 3.05) is 36.6 Å². The van der Waals surface area contributed by atoms with Gasteiger partial charge in [0.1, 0.15) is 11.6 Å². The fourth-order valence-corrected chi connectivity index (χ4v) is 4.99. The average molecular weight is 565 g/mol. The number of sulfonamides is 1. The number of aromatic nitrogens is 2. The minimum absolute atomic E-state index is 0.152. The van der Waals surface area contributed by atoms with Gasteiger partial charge in [-0.2, -0.15) is 21.6 Å². The summed E-state index contributed by atoms with van der Waals surface area (Å²) < 4.78 is 80.1. The van der Waals surface area contributed by atoms with E-state index in [1.807, 2.05) is 0 Å². The van der Waals surface area contributed by atoms with Crippen molar-refractivity contribution in [2.24, 2.45) is 5.92 Å². The molecule has 3 aromatic rings. The molecular formula is C26H27F3N4O5S. The van der Waals surface area contributed by atoms with Crippen molar-refractivity contribution < 1.29 is 35.9 Å². The zero-order valence-electron chi connectivity index (χ0n) is 21.2. The van der Waals surface area contributed by atoms with Gasteiger partial charge >= 0.3 is 12.1 Å². The maximum absolute atomic E-state index is 13.7. The lowest BCUT2D eigenvalue weighted by molar-refractivity contribution is -0.151. The number of esters is 1. The van der Waals surface area contributed by atoms with Crippen LogP contribution < -0.4 is 9.62 Å². The molecule has 3 heterocycles. The summed E-state index contributed by atoms with van der Waals surface area (Å²) in [5.74, 6) is -0.712. The van der Waals surface area contributed by atoms with Gasteiger partial charge in [0.05, 0.1) is 17.2 Å². The van der Waals surface area contributed by atoms with Crippen LogP contribution in [0.1, 0.15) is 24.0 Å². The lowest BCUT2D eigenvalue weighted by Crippen LogP contribution is -2.30. The summed E-state index contributed by atoms with van der Waals surface area (Å²) in [6.45, 7) is 2.47. The SMILES string of the molecule is Cc1ccccc1-c1nc(NS(=O)(=O)c2cccc(N(C)COC(=O)C3CCOCC3)n2)ccc1C(F)(F)F. The van der Waals surface area contributed by atoms with Gasteiger partial charge in [0, 0.05) is 25.8 Å². The molecule has 0 bridgehead atoms. The van der Waals surface area contributed by atoms with E-state index in [1.165, 1.54) is 29.2 Å². The normalized spacial score (nSPS) is 14.6. The molecule has 13 heteroatoms. The summed E-state index contributed by atoms with van der Waals surface area (Å²) in [5, 5.41) is -0.387. The molecule has 0 saturated carbocycles. The fraction of sp³-hybridized carbons (Fsp3) is 0.346. The number of carbonyl (C=O) groups is 1. The van der Waals surface area contributed by atoms with Gasteiger partial charge < -0.3 is 14.4 Å². The molecule has 0 radical (unpaired) electrons. The summed E-state index contributed by atoms with van der Waals surface area (Å²) >= 11 is 0. The monoisotopic (exact) mass is 564 g/mol. The Morgan fingerprint density at radius 2 is 1.79 bits per heavy atom. The van der Waals surface area contributed by atoms with Gasteiger partial charge in [-0.1, -0.05) is 30.3 Å². The lowest BCUT2D eigenvalue weighted by atomic mass is 10.0. The van der Waals surface area contributed by atoms with E-state index in [4.69, 9.17) is 9.47 Å². The number of carbonyl (C=O) groups excluding carboxylic acids is 1. The Morgan fingerprint density at radius 3 is 2.49 bits per heavy atom. The van der Waals surface area contributed by atoms with Crippen molar-refractivity contribution in [1.82, 2.24) is 9.97 Å². The van der Waals surface area contributed by atoms with Crippen LogP contribution in [-0.4, -0.2) is 51.3 Å². The Kier molecular flexibility index (Phi) is 8.40. The molecule has 1 N–H and O–H groups in total. The molecule has 9 nitrogen and oxygen atoms in total. The van der Waals surface area contributed by atoms with Crippen LogP contribution >= 0.6 is 0 Å². The highest BCUT2D eigenvalue weighted by molar-refractivity contribution is 7.92. The number of aryl methyl sites for hydroxylation is 1. The smallest absolute Gasteiger partial charge is 0.418 e. The summed E-state index contributed by atoms with van der Waals surface area (Å²) in [7, 11) is -2.75. The summed E-state index contributed by atoms with van der Waals surface area (Å²) in [5.41, 5.74) is -0.612. The Morgan fingerprint density at radius 1 is 1.08 bits per heavy atom. The molecule has 39 heavy (non-hydrogen) atoms. The molecule has 0 amide bonds. The third kappa shape index (κ3) is 6.84. The molecule has 208 valence electrons. The summed E-state index contributed by atoms with van der Waals surface area (Å²) in [6, 6.07) is 12.3. The van der Waals surface area contributed by atoms with E-state index in [9.17, 15) is 26.4 Å². The number of anilines is 2. The molecule has 0 unspecified atom stereocenters. The van der Waals surface area contributed by atoms with Gasteiger partial charge in [0.2, 0.25) is 0 Å². The fourth-order valence-electron chi connectivity index (χ4n) is 4.02. The first kappa shape index (κ1) is 28.3.